The number of fused-ring (bicyclic) bond motifs is 22. The van der Waals surface area contributed by atoms with Crippen molar-refractivity contribution in [2.45, 2.75) is 51.5 Å². The van der Waals surface area contributed by atoms with E-state index in [4.69, 9.17) is 8.83 Å². The summed E-state index contributed by atoms with van der Waals surface area (Å²) < 4.78 is 14.3. The zero-order valence-corrected chi connectivity index (χ0v) is 47.9. The van der Waals surface area contributed by atoms with Gasteiger partial charge in [0.05, 0.1) is 33.7 Å². The van der Waals surface area contributed by atoms with Gasteiger partial charge in [-0.15, -0.1) is 0 Å². The first-order chi connectivity index (χ1) is 41.7. The van der Waals surface area contributed by atoms with Gasteiger partial charge in [0.1, 0.15) is 11.2 Å². The molecule has 14 aromatic rings. The summed E-state index contributed by atoms with van der Waals surface area (Å²) in [6.45, 7) is 11.2. The summed E-state index contributed by atoms with van der Waals surface area (Å²) in [6.07, 6.45) is 7.32. The predicted molar refractivity (Wildman–Crippen MR) is 353 cm³/mol. The Hall–Kier alpha value is -10.4. The molecule has 18 rings (SSSR count). The molecule has 4 aliphatic rings. The minimum absolute atomic E-state index is 0.0673. The fraction of sp³-hybridized carbons (Fsp3) is 0.100. The molecular weight excluding hydrogens is 1030 g/mol. The Morgan fingerprint density at radius 2 is 0.824 bits per heavy atom. The van der Waals surface area contributed by atoms with E-state index < -0.39 is 11.0 Å². The maximum Gasteiger partial charge on any atom is 0.159 e. The van der Waals surface area contributed by atoms with Gasteiger partial charge in [0, 0.05) is 61.0 Å². The number of anilines is 8. The first kappa shape index (κ1) is 48.2. The molecule has 12 aromatic carbocycles. The highest BCUT2D eigenvalue weighted by atomic mass is 16.3. The minimum Gasteiger partial charge on any atom is -0.454 e. The van der Waals surface area contributed by atoms with E-state index in [0.29, 0.717) is 0 Å². The summed E-state index contributed by atoms with van der Waals surface area (Å²) in [6, 6.07) is 86.4. The predicted octanol–water partition coefficient (Wildman–Crippen LogP) is 21.8. The van der Waals surface area contributed by atoms with Crippen LogP contribution in [0.5, 0.6) is 0 Å². The van der Waals surface area contributed by atoms with Crippen LogP contribution in [0.25, 0.3) is 76.5 Å². The van der Waals surface area contributed by atoms with Crippen molar-refractivity contribution >= 4 is 111 Å². The zero-order chi connectivity index (χ0) is 56.6. The fourth-order valence-electron chi connectivity index (χ4n) is 16.1. The van der Waals surface area contributed by atoms with E-state index in [2.05, 4.69) is 298 Å². The van der Waals surface area contributed by atoms with E-state index in [0.717, 1.165) is 99.9 Å². The average Bonchev–Trinajstić information content (AvgIpc) is 1.52. The van der Waals surface area contributed by atoms with Gasteiger partial charge in [-0.2, -0.15) is 0 Å². The van der Waals surface area contributed by atoms with Gasteiger partial charge in [-0.1, -0.05) is 199 Å². The topological polar surface area (TPSA) is 36.0 Å². The number of aryl methyl sites for hydroxylation is 4. The minimum atomic E-state index is -0.849. The molecule has 2 aliphatic heterocycles. The van der Waals surface area contributed by atoms with Crippen molar-refractivity contribution in [3.63, 3.8) is 0 Å². The van der Waals surface area contributed by atoms with Gasteiger partial charge in [-0.05, 0) is 156 Å². The van der Waals surface area contributed by atoms with Crippen LogP contribution in [0.1, 0.15) is 57.3 Å². The smallest absolute Gasteiger partial charge is 0.159 e. The van der Waals surface area contributed by atoms with Crippen LogP contribution in [0.2, 0.25) is 0 Å². The Morgan fingerprint density at radius 3 is 1.35 bits per heavy atom. The Balaban J connectivity index is 1.02. The molecule has 1 spiro atoms. The van der Waals surface area contributed by atoms with Crippen molar-refractivity contribution in [3.8, 4) is 11.1 Å². The second kappa shape index (κ2) is 17.4. The highest BCUT2D eigenvalue weighted by molar-refractivity contribution is 6.21. The molecule has 0 bridgehead atoms. The number of rotatable bonds is 6. The molecule has 2 aliphatic carbocycles. The lowest BCUT2D eigenvalue weighted by Gasteiger charge is -2.56. The quantitative estimate of drug-likeness (QED) is 0.166. The van der Waals surface area contributed by atoms with Crippen LogP contribution in [0.15, 0.2) is 263 Å². The summed E-state index contributed by atoms with van der Waals surface area (Å²) in [5.74, 6) is 0.0673. The molecule has 0 N–H and O–H groups in total. The SMILES string of the molecule is Cc1ccc(N(c2cc3c(c4ccccc24)-c2c(cc(N(c4ccc(C)cc4)c4cccc5c4oc4c(C)cccc45)c4ccccc24)C32C3=CC=CC4c5ccccc5N(c5ccccc52)C34C)c2cccc3c2oc2c(C)cccc23)cc1. The molecule has 0 saturated carbocycles. The Morgan fingerprint density at radius 1 is 0.388 bits per heavy atom. The third kappa shape index (κ3) is 6.26. The first-order valence-electron chi connectivity index (χ1n) is 29.8. The van der Waals surface area contributed by atoms with Gasteiger partial charge in [0.2, 0.25) is 0 Å². The number of hydrogen-bond acceptors (Lipinski definition) is 5. The van der Waals surface area contributed by atoms with Crippen LogP contribution in [0.4, 0.5) is 45.5 Å². The number of nitrogens with zero attached hydrogens (tertiary/aromatic N) is 3. The highest BCUT2D eigenvalue weighted by Gasteiger charge is 2.64. The third-order valence-corrected chi connectivity index (χ3v) is 19.7. The third-order valence-electron chi connectivity index (χ3n) is 19.7. The fourth-order valence-corrected chi connectivity index (χ4v) is 16.1. The lowest BCUT2D eigenvalue weighted by atomic mass is 9.55. The molecule has 2 aromatic heterocycles. The van der Waals surface area contributed by atoms with Gasteiger partial charge < -0.3 is 23.5 Å². The zero-order valence-electron chi connectivity index (χ0n) is 47.9. The van der Waals surface area contributed by atoms with E-state index in [1.54, 1.807) is 0 Å². The summed E-state index contributed by atoms with van der Waals surface area (Å²) in [4.78, 5) is 7.67. The van der Waals surface area contributed by atoms with Gasteiger partial charge in [-0.3, -0.25) is 0 Å². The molecule has 0 amide bonds. The van der Waals surface area contributed by atoms with Gasteiger partial charge in [-0.25, -0.2) is 0 Å². The lowest BCUT2D eigenvalue weighted by molar-refractivity contribution is 0.440. The van der Waals surface area contributed by atoms with E-state index in [1.165, 1.54) is 72.2 Å². The molecule has 2 atom stereocenters. The number of hydrogen-bond donors (Lipinski definition) is 0. The van der Waals surface area contributed by atoms with Crippen LogP contribution in [-0.2, 0) is 5.41 Å². The van der Waals surface area contributed by atoms with Crippen LogP contribution >= 0.6 is 0 Å². The van der Waals surface area contributed by atoms with Crippen LogP contribution < -0.4 is 14.7 Å². The van der Waals surface area contributed by atoms with Crippen molar-refractivity contribution in [2.24, 2.45) is 0 Å². The van der Waals surface area contributed by atoms with E-state index in [9.17, 15) is 0 Å². The number of furan rings is 2. The Bertz CT molecular complexity index is 5030. The molecule has 404 valence electrons. The standard InChI is InChI=1S/C80H57N3O2/c1-47-37-41-51(42-38-47)81(68-34-16-28-59-57-26-14-19-49(3)75(57)84-77(59)68)70-45-64-73(55-23-8-6-21-53(55)70)74-56-24-9-7-22-54(56)71(82(52-43-39-48(2)40-44-52)69-35-17-29-60-58-27-15-20-50(4)76(58)85-78(60)69)46-65(74)80(64)63-30-11-13-33-67(63)83-66-32-12-10-25-61(66)62-31-18-36-72(80)79(62,83)5/h6-46,62H,1-5H3. The molecule has 4 heterocycles. The van der Waals surface area contributed by atoms with E-state index in [1.807, 2.05) is 0 Å². The van der Waals surface area contributed by atoms with E-state index in [-0.39, 0.29) is 5.92 Å². The monoisotopic (exact) mass is 1090 g/mol. The molecule has 0 fully saturated rings. The summed E-state index contributed by atoms with van der Waals surface area (Å²) in [5.41, 5.74) is 24.4. The summed E-state index contributed by atoms with van der Waals surface area (Å²) in [7, 11) is 0. The molecule has 0 saturated heterocycles. The number of allylic oxidation sites excluding steroid dienone is 2. The van der Waals surface area contributed by atoms with Crippen molar-refractivity contribution in [1.82, 2.24) is 0 Å². The molecular formula is C80H57N3O2. The normalized spacial score (nSPS) is 16.8. The maximum atomic E-state index is 7.16. The van der Waals surface area contributed by atoms with Crippen molar-refractivity contribution in [3.05, 3.63) is 299 Å². The van der Waals surface area contributed by atoms with Crippen molar-refractivity contribution < 1.29 is 8.83 Å². The van der Waals surface area contributed by atoms with Crippen molar-refractivity contribution in [1.29, 1.82) is 0 Å². The maximum absolute atomic E-state index is 7.16. The molecule has 5 heteroatoms. The molecule has 0 radical (unpaired) electrons. The van der Waals surface area contributed by atoms with Crippen LogP contribution in [0, 0.1) is 27.7 Å². The summed E-state index contributed by atoms with van der Waals surface area (Å²) in [5, 5.41) is 9.09. The Kier molecular flexibility index (Phi) is 9.84. The lowest BCUT2D eigenvalue weighted by Crippen LogP contribution is -2.56. The second-order valence-electron chi connectivity index (χ2n) is 24.2. The van der Waals surface area contributed by atoms with Crippen LogP contribution in [0.3, 0.4) is 0 Å². The highest BCUT2D eigenvalue weighted by Crippen LogP contribution is 2.72. The van der Waals surface area contributed by atoms with Crippen LogP contribution in [-0.4, -0.2) is 5.54 Å². The largest absolute Gasteiger partial charge is 0.454 e. The molecule has 5 nitrogen and oxygen atoms in total. The first-order valence-corrected chi connectivity index (χ1v) is 29.8. The summed E-state index contributed by atoms with van der Waals surface area (Å²) >= 11 is 0. The van der Waals surface area contributed by atoms with Gasteiger partial charge >= 0.3 is 0 Å². The molecule has 85 heavy (non-hydrogen) atoms. The van der Waals surface area contributed by atoms with Gasteiger partial charge in [0.15, 0.2) is 11.2 Å². The Labute approximate surface area is 493 Å². The van der Waals surface area contributed by atoms with E-state index >= 15 is 0 Å². The van der Waals surface area contributed by atoms with Crippen molar-refractivity contribution in [2.75, 3.05) is 14.7 Å². The second-order valence-corrected chi connectivity index (χ2v) is 24.2. The molecule has 2 unspecified atom stereocenters. The van der Waals surface area contributed by atoms with Gasteiger partial charge in [0.25, 0.3) is 0 Å². The average molecular weight is 1090 g/mol. The number of para-hydroxylation sites is 6. The number of benzene rings is 12.